The van der Waals surface area contributed by atoms with Crippen LogP contribution in [0.15, 0.2) is 78.2 Å². The maximum atomic E-state index is 12.6. The van der Waals surface area contributed by atoms with Crippen LogP contribution in [0.5, 0.6) is 0 Å². The molecule has 1 aromatic heterocycles. The summed E-state index contributed by atoms with van der Waals surface area (Å²) in [5, 5.41) is 2.91. The Morgan fingerprint density at radius 1 is 1.10 bits per heavy atom. The molecule has 1 heterocycles. The standard InChI is InChI=1S/C23H28N4O3S/c1-19(21-6-3-2-4-7-21)26-31(29,30)22-11-8-20(9-12-22)10-13-23(28)25-14-5-16-27-17-15-24-18-27/h2-4,6-9,11-12,15,17-19,26H,5,10,13-14,16H2,1H3,(H,25,28)/t19-/m1/s1. The van der Waals surface area contributed by atoms with Crippen molar-refractivity contribution in [1.82, 2.24) is 19.6 Å². The van der Waals surface area contributed by atoms with Crippen LogP contribution >= 0.6 is 0 Å². The number of imidazole rings is 1. The Balaban J connectivity index is 1.44. The van der Waals surface area contributed by atoms with Gasteiger partial charge in [-0.3, -0.25) is 4.79 Å². The third kappa shape index (κ3) is 7.04. The molecule has 0 saturated heterocycles. The van der Waals surface area contributed by atoms with Gasteiger partial charge in [-0.1, -0.05) is 42.5 Å². The Morgan fingerprint density at radius 3 is 2.52 bits per heavy atom. The molecule has 31 heavy (non-hydrogen) atoms. The van der Waals surface area contributed by atoms with Crippen LogP contribution in [-0.4, -0.2) is 30.4 Å². The fourth-order valence-electron chi connectivity index (χ4n) is 3.20. The molecule has 7 nitrogen and oxygen atoms in total. The minimum absolute atomic E-state index is 0.0133. The number of aryl methyl sites for hydroxylation is 2. The molecule has 0 spiro atoms. The van der Waals surface area contributed by atoms with Gasteiger partial charge in [-0.25, -0.2) is 18.1 Å². The third-order valence-corrected chi connectivity index (χ3v) is 6.54. The molecular weight excluding hydrogens is 412 g/mol. The molecule has 2 N–H and O–H groups in total. The van der Waals surface area contributed by atoms with Gasteiger partial charge in [-0.2, -0.15) is 0 Å². The van der Waals surface area contributed by atoms with E-state index in [9.17, 15) is 13.2 Å². The van der Waals surface area contributed by atoms with Crippen molar-refractivity contribution in [2.75, 3.05) is 6.54 Å². The van der Waals surface area contributed by atoms with Gasteiger partial charge in [0, 0.05) is 37.9 Å². The van der Waals surface area contributed by atoms with E-state index in [4.69, 9.17) is 0 Å². The lowest BCUT2D eigenvalue weighted by molar-refractivity contribution is -0.121. The molecular formula is C23H28N4O3S. The van der Waals surface area contributed by atoms with Gasteiger partial charge >= 0.3 is 0 Å². The smallest absolute Gasteiger partial charge is 0.241 e. The van der Waals surface area contributed by atoms with Crippen LogP contribution in [0.2, 0.25) is 0 Å². The zero-order valence-corrected chi connectivity index (χ0v) is 18.4. The summed E-state index contributed by atoms with van der Waals surface area (Å²) < 4.78 is 30.0. The lowest BCUT2D eigenvalue weighted by atomic mass is 10.1. The SMILES string of the molecule is C[C@@H](NS(=O)(=O)c1ccc(CCC(=O)NCCCn2ccnc2)cc1)c1ccccc1. The van der Waals surface area contributed by atoms with E-state index < -0.39 is 10.0 Å². The van der Waals surface area contributed by atoms with E-state index >= 15 is 0 Å². The van der Waals surface area contributed by atoms with Crippen molar-refractivity contribution in [3.63, 3.8) is 0 Å². The Kier molecular flexibility index (Phi) is 7.97. The van der Waals surface area contributed by atoms with Gasteiger partial charge in [-0.15, -0.1) is 0 Å². The molecule has 164 valence electrons. The average molecular weight is 441 g/mol. The first-order chi connectivity index (χ1) is 14.9. The summed E-state index contributed by atoms with van der Waals surface area (Å²) >= 11 is 0. The number of amides is 1. The molecule has 1 atom stereocenters. The molecule has 3 aromatic rings. The van der Waals surface area contributed by atoms with Crippen molar-refractivity contribution in [3.05, 3.63) is 84.4 Å². The molecule has 0 unspecified atom stereocenters. The zero-order chi connectivity index (χ0) is 22.1. The first-order valence-electron chi connectivity index (χ1n) is 10.3. The molecule has 0 saturated carbocycles. The summed E-state index contributed by atoms with van der Waals surface area (Å²) in [5.74, 6) is -0.0133. The molecule has 1 amide bonds. The minimum atomic E-state index is -3.63. The van der Waals surface area contributed by atoms with Crippen LogP contribution in [0.3, 0.4) is 0 Å². The number of rotatable bonds is 11. The van der Waals surface area contributed by atoms with Crippen LogP contribution in [0.1, 0.15) is 36.9 Å². The normalized spacial score (nSPS) is 12.4. The van der Waals surface area contributed by atoms with E-state index in [0.29, 0.717) is 19.4 Å². The fourth-order valence-corrected chi connectivity index (χ4v) is 4.43. The van der Waals surface area contributed by atoms with Gasteiger partial charge in [-0.05, 0) is 43.0 Å². The molecule has 0 aliphatic carbocycles. The lowest BCUT2D eigenvalue weighted by Crippen LogP contribution is -2.27. The van der Waals surface area contributed by atoms with Crippen molar-refractivity contribution in [3.8, 4) is 0 Å². The van der Waals surface area contributed by atoms with E-state index in [2.05, 4.69) is 15.0 Å². The van der Waals surface area contributed by atoms with E-state index in [0.717, 1.165) is 24.1 Å². The van der Waals surface area contributed by atoms with Gasteiger partial charge < -0.3 is 9.88 Å². The van der Waals surface area contributed by atoms with E-state index in [-0.39, 0.29) is 16.8 Å². The third-order valence-electron chi connectivity index (χ3n) is 4.98. The molecule has 0 aliphatic rings. The maximum absolute atomic E-state index is 12.6. The van der Waals surface area contributed by atoms with Crippen molar-refractivity contribution < 1.29 is 13.2 Å². The highest BCUT2D eigenvalue weighted by Gasteiger charge is 2.18. The second kappa shape index (κ2) is 10.9. The molecule has 0 aliphatic heterocycles. The second-order valence-electron chi connectivity index (χ2n) is 7.40. The number of nitrogens with zero attached hydrogens (tertiary/aromatic N) is 2. The van der Waals surface area contributed by atoms with Gasteiger partial charge in [0.1, 0.15) is 0 Å². The number of carbonyl (C=O) groups is 1. The number of nitrogens with one attached hydrogen (secondary N) is 2. The van der Waals surface area contributed by atoms with Gasteiger partial charge in [0.25, 0.3) is 0 Å². The Morgan fingerprint density at radius 2 is 1.84 bits per heavy atom. The molecule has 2 aromatic carbocycles. The van der Waals surface area contributed by atoms with Crippen LogP contribution in [0.25, 0.3) is 0 Å². The quantitative estimate of drug-likeness (QED) is 0.448. The molecule has 3 rings (SSSR count). The Hall–Kier alpha value is -2.97. The molecule has 0 bridgehead atoms. The summed E-state index contributed by atoms with van der Waals surface area (Å²) in [6.45, 7) is 3.24. The maximum Gasteiger partial charge on any atom is 0.241 e. The highest BCUT2D eigenvalue weighted by Crippen LogP contribution is 2.17. The number of aromatic nitrogens is 2. The Labute approximate surface area is 183 Å². The predicted molar refractivity (Wildman–Crippen MR) is 120 cm³/mol. The van der Waals surface area contributed by atoms with Crippen LogP contribution in [-0.2, 0) is 27.8 Å². The van der Waals surface area contributed by atoms with Crippen molar-refractivity contribution in [1.29, 1.82) is 0 Å². The summed E-state index contributed by atoms with van der Waals surface area (Å²) in [6, 6.07) is 15.8. The first-order valence-corrected chi connectivity index (χ1v) is 11.8. The Bertz CT molecular complexity index is 1050. The molecule has 0 radical (unpaired) electrons. The highest BCUT2D eigenvalue weighted by molar-refractivity contribution is 7.89. The molecule has 8 heteroatoms. The number of hydrogen-bond acceptors (Lipinski definition) is 4. The number of sulfonamides is 1. The fraction of sp³-hybridized carbons (Fsp3) is 0.304. The van der Waals surface area contributed by atoms with Crippen LogP contribution < -0.4 is 10.0 Å². The number of benzene rings is 2. The zero-order valence-electron chi connectivity index (χ0n) is 17.6. The van der Waals surface area contributed by atoms with Gasteiger partial charge in [0.15, 0.2) is 0 Å². The minimum Gasteiger partial charge on any atom is -0.356 e. The average Bonchev–Trinajstić information content (AvgIpc) is 3.29. The predicted octanol–water partition coefficient (Wildman–Crippen LogP) is 3.06. The summed E-state index contributed by atoms with van der Waals surface area (Å²) in [5.41, 5.74) is 1.82. The topological polar surface area (TPSA) is 93.1 Å². The van der Waals surface area contributed by atoms with E-state index in [1.54, 1.807) is 36.8 Å². The summed E-state index contributed by atoms with van der Waals surface area (Å²) in [6.07, 6.45) is 7.13. The number of hydrogen-bond donors (Lipinski definition) is 2. The van der Waals surface area contributed by atoms with Crippen LogP contribution in [0, 0.1) is 0 Å². The van der Waals surface area contributed by atoms with Crippen molar-refractivity contribution >= 4 is 15.9 Å². The first kappa shape index (κ1) is 22.7. The number of carbonyl (C=O) groups excluding carboxylic acids is 1. The summed E-state index contributed by atoms with van der Waals surface area (Å²) in [4.78, 5) is 16.2. The van der Waals surface area contributed by atoms with Gasteiger partial charge in [0.2, 0.25) is 15.9 Å². The second-order valence-corrected chi connectivity index (χ2v) is 9.12. The van der Waals surface area contributed by atoms with E-state index in [1.807, 2.05) is 48.0 Å². The summed E-state index contributed by atoms with van der Waals surface area (Å²) in [7, 11) is -3.63. The van der Waals surface area contributed by atoms with Crippen LogP contribution in [0.4, 0.5) is 0 Å². The monoisotopic (exact) mass is 440 g/mol. The molecule has 0 fully saturated rings. The lowest BCUT2D eigenvalue weighted by Gasteiger charge is -2.15. The van der Waals surface area contributed by atoms with Gasteiger partial charge in [0.05, 0.1) is 11.2 Å². The van der Waals surface area contributed by atoms with Crippen molar-refractivity contribution in [2.45, 2.75) is 43.7 Å². The van der Waals surface area contributed by atoms with E-state index in [1.165, 1.54) is 0 Å². The van der Waals surface area contributed by atoms with Crippen molar-refractivity contribution in [2.24, 2.45) is 0 Å². The largest absolute Gasteiger partial charge is 0.356 e. The highest BCUT2D eigenvalue weighted by atomic mass is 32.2.